The molecule has 0 spiro atoms. The van der Waals surface area contributed by atoms with Crippen LogP contribution in [0.25, 0.3) is 0 Å². The monoisotopic (exact) mass is 381 g/mol. The number of amides is 1. The van der Waals surface area contributed by atoms with Crippen LogP contribution >= 0.6 is 0 Å². The van der Waals surface area contributed by atoms with Crippen molar-refractivity contribution in [2.45, 2.75) is 39.5 Å². The van der Waals surface area contributed by atoms with Gasteiger partial charge in [0, 0.05) is 38.6 Å². The van der Waals surface area contributed by atoms with Crippen LogP contribution in [0.4, 0.5) is 0 Å². The van der Waals surface area contributed by atoms with Crippen molar-refractivity contribution >= 4 is 5.91 Å². The number of ether oxygens (including phenoxy) is 1. The van der Waals surface area contributed by atoms with E-state index in [4.69, 9.17) is 4.74 Å². The lowest BCUT2D eigenvalue weighted by Crippen LogP contribution is -2.26. The fourth-order valence-corrected chi connectivity index (χ4v) is 2.83. The van der Waals surface area contributed by atoms with Crippen LogP contribution in [0, 0.1) is 0 Å². The van der Waals surface area contributed by atoms with Gasteiger partial charge in [-0.15, -0.1) is 0 Å². The van der Waals surface area contributed by atoms with Crippen molar-refractivity contribution in [1.82, 2.24) is 24.5 Å². The summed E-state index contributed by atoms with van der Waals surface area (Å²) in [6.07, 6.45) is 5.39. The highest BCUT2D eigenvalue weighted by atomic mass is 16.5. The summed E-state index contributed by atoms with van der Waals surface area (Å²) in [7, 11) is 3.60. The molecule has 0 aliphatic rings. The van der Waals surface area contributed by atoms with Gasteiger partial charge in [0.15, 0.2) is 12.4 Å². The largest absolute Gasteiger partial charge is 0.471 e. The van der Waals surface area contributed by atoms with Gasteiger partial charge in [-0.3, -0.25) is 9.48 Å². The summed E-state index contributed by atoms with van der Waals surface area (Å²) < 4.78 is 9.11. The third-order valence-corrected chi connectivity index (χ3v) is 4.47. The van der Waals surface area contributed by atoms with E-state index >= 15 is 0 Å². The van der Waals surface area contributed by atoms with E-state index in [1.54, 1.807) is 39.8 Å². The van der Waals surface area contributed by atoms with E-state index < -0.39 is 0 Å². The van der Waals surface area contributed by atoms with Crippen LogP contribution in [-0.4, -0.2) is 37.4 Å². The molecule has 0 N–H and O–H groups in total. The summed E-state index contributed by atoms with van der Waals surface area (Å²) in [6.45, 7) is 7.26. The number of rotatable bonds is 6. The first-order valence-corrected chi connectivity index (χ1v) is 9.22. The van der Waals surface area contributed by atoms with Crippen LogP contribution in [0.1, 0.15) is 42.4 Å². The number of hydrogen-bond donors (Lipinski definition) is 0. The molecule has 0 saturated carbocycles. The molecule has 0 aliphatic carbocycles. The van der Waals surface area contributed by atoms with Gasteiger partial charge in [-0.25, -0.2) is 4.68 Å². The van der Waals surface area contributed by atoms with E-state index in [-0.39, 0.29) is 18.1 Å². The summed E-state index contributed by atoms with van der Waals surface area (Å²) in [5.74, 6) is 0.627. The molecular formula is C21H27N5O2. The maximum absolute atomic E-state index is 12.6. The van der Waals surface area contributed by atoms with Gasteiger partial charge in [0.1, 0.15) is 5.75 Å². The molecule has 28 heavy (non-hydrogen) atoms. The summed E-state index contributed by atoms with van der Waals surface area (Å²) in [5, 5.41) is 8.45. The van der Waals surface area contributed by atoms with Crippen molar-refractivity contribution in [1.29, 1.82) is 0 Å². The maximum Gasteiger partial charge on any atom is 0.274 e. The molecule has 2 aromatic heterocycles. The summed E-state index contributed by atoms with van der Waals surface area (Å²) >= 11 is 0. The first kappa shape index (κ1) is 19.7. The van der Waals surface area contributed by atoms with Crippen LogP contribution in [0.15, 0.2) is 48.9 Å². The fraction of sp³-hybridized carbons (Fsp3) is 0.381. The molecule has 0 bridgehead atoms. The summed E-state index contributed by atoms with van der Waals surface area (Å²) in [5.41, 5.74) is 2.72. The van der Waals surface area contributed by atoms with Gasteiger partial charge in [-0.1, -0.05) is 32.9 Å². The van der Waals surface area contributed by atoms with E-state index in [0.29, 0.717) is 12.2 Å². The average molecular weight is 381 g/mol. The Morgan fingerprint density at radius 1 is 1.18 bits per heavy atom. The van der Waals surface area contributed by atoms with E-state index in [1.165, 1.54) is 5.56 Å². The van der Waals surface area contributed by atoms with Crippen molar-refractivity contribution in [2.24, 2.45) is 7.05 Å². The lowest BCUT2D eigenvalue weighted by Gasteiger charge is -2.19. The second-order valence-corrected chi connectivity index (χ2v) is 7.97. The Balaban J connectivity index is 1.56. The molecule has 1 amide bonds. The molecule has 0 saturated heterocycles. The Morgan fingerprint density at radius 3 is 2.50 bits per heavy atom. The van der Waals surface area contributed by atoms with E-state index in [1.807, 2.05) is 25.4 Å². The summed E-state index contributed by atoms with van der Waals surface area (Å²) in [6, 6.07) is 9.76. The van der Waals surface area contributed by atoms with E-state index in [0.717, 1.165) is 11.3 Å². The lowest BCUT2D eigenvalue weighted by molar-refractivity contribution is 0.0777. The quantitative estimate of drug-likeness (QED) is 0.658. The minimum Gasteiger partial charge on any atom is -0.471 e. The van der Waals surface area contributed by atoms with Crippen LogP contribution in [0.3, 0.4) is 0 Å². The number of benzene rings is 1. The molecular weight excluding hydrogens is 354 g/mol. The zero-order chi connectivity index (χ0) is 20.3. The Bertz CT molecular complexity index is 934. The lowest BCUT2D eigenvalue weighted by atomic mass is 9.87. The molecule has 148 valence electrons. The highest BCUT2D eigenvalue weighted by Gasteiger charge is 2.16. The van der Waals surface area contributed by atoms with Crippen molar-refractivity contribution in [3.05, 3.63) is 65.7 Å². The molecule has 7 nitrogen and oxygen atoms in total. The first-order chi connectivity index (χ1) is 13.2. The van der Waals surface area contributed by atoms with Crippen LogP contribution in [-0.2, 0) is 25.7 Å². The molecule has 3 aromatic rings. The van der Waals surface area contributed by atoms with Gasteiger partial charge in [0.2, 0.25) is 0 Å². The average Bonchev–Trinajstić information content (AvgIpc) is 3.28. The molecule has 1 aromatic carbocycles. The van der Waals surface area contributed by atoms with Crippen molar-refractivity contribution in [3.8, 4) is 5.75 Å². The van der Waals surface area contributed by atoms with Gasteiger partial charge in [0.25, 0.3) is 5.91 Å². The summed E-state index contributed by atoms with van der Waals surface area (Å²) in [4.78, 5) is 14.2. The highest BCUT2D eigenvalue weighted by Crippen LogP contribution is 2.24. The highest BCUT2D eigenvalue weighted by molar-refractivity contribution is 5.91. The van der Waals surface area contributed by atoms with Gasteiger partial charge < -0.3 is 9.64 Å². The molecule has 7 heteroatoms. The topological polar surface area (TPSA) is 65.2 Å². The Kier molecular flexibility index (Phi) is 5.53. The third kappa shape index (κ3) is 4.79. The van der Waals surface area contributed by atoms with Gasteiger partial charge in [0.05, 0.1) is 6.20 Å². The van der Waals surface area contributed by atoms with Crippen molar-refractivity contribution in [3.63, 3.8) is 0 Å². The molecule has 0 radical (unpaired) electrons. The van der Waals surface area contributed by atoms with Crippen molar-refractivity contribution < 1.29 is 9.53 Å². The normalized spacial score (nSPS) is 11.5. The minimum absolute atomic E-state index is 0.109. The standard InChI is InChI=1S/C21H27N5O2/c1-21(2,3)17-6-8-18(9-7-17)28-15-26-11-10-19(23-26)20(27)24(4)13-16-12-22-25(5)14-16/h6-12,14H,13,15H2,1-5H3. The SMILES string of the molecule is CN(Cc1cnn(C)c1)C(=O)c1ccn(COc2ccc(C(C)(C)C)cc2)n1. The molecule has 2 heterocycles. The molecule has 3 rings (SSSR count). The number of aromatic nitrogens is 4. The molecule has 0 unspecified atom stereocenters. The van der Waals surface area contributed by atoms with Crippen LogP contribution < -0.4 is 4.74 Å². The zero-order valence-corrected chi connectivity index (χ0v) is 17.1. The van der Waals surface area contributed by atoms with Gasteiger partial charge in [-0.05, 0) is 29.2 Å². The second kappa shape index (κ2) is 7.88. The van der Waals surface area contributed by atoms with E-state index in [2.05, 4.69) is 43.1 Å². The number of carbonyl (C=O) groups is 1. The van der Waals surface area contributed by atoms with Crippen molar-refractivity contribution in [2.75, 3.05) is 7.05 Å². The van der Waals surface area contributed by atoms with Gasteiger partial charge in [-0.2, -0.15) is 10.2 Å². The smallest absolute Gasteiger partial charge is 0.274 e. The number of aryl methyl sites for hydroxylation is 1. The minimum atomic E-state index is -0.142. The predicted molar refractivity (Wildman–Crippen MR) is 107 cm³/mol. The van der Waals surface area contributed by atoms with E-state index in [9.17, 15) is 4.79 Å². The molecule has 0 fully saturated rings. The van der Waals surface area contributed by atoms with Crippen LogP contribution in [0.2, 0.25) is 0 Å². The third-order valence-electron chi connectivity index (χ3n) is 4.47. The number of hydrogen-bond acceptors (Lipinski definition) is 4. The number of carbonyl (C=O) groups excluding carboxylic acids is 1. The van der Waals surface area contributed by atoms with Gasteiger partial charge >= 0.3 is 0 Å². The number of nitrogens with zero attached hydrogens (tertiary/aromatic N) is 5. The Labute approximate surface area is 165 Å². The Hall–Kier alpha value is -3.09. The second-order valence-electron chi connectivity index (χ2n) is 7.97. The van der Waals surface area contributed by atoms with Crippen LogP contribution in [0.5, 0.6) is 5.75 Å². The maximum atomic E-state index is 12.6. The molecule has 0 atom stereocenters. The Morgan fingerprint density at radius 2 is 1.89 bits per heavy atom. The first-order valence-electron chi connectivity index (χ1n) is 9.22. The molecule has 0 aliphatic heterocycles. The zero-order valence-electron chi connectivity index (χ0n) is 17.1. The predicted octanol–water partition coefficient (Wildman–Crippen LogP) is 3.22. The fourth-order valence-electron chi connectivity index (χ4n) is 2.83.